The minimum absolute atomic E-state index is 0.855. The molecule has 2 nitrogen and oxygen atoms in total. The van der Waals surface area contributed by atoms with Crippen LogP contribution in [-0.4, -0.2) is 36.7 Å². The molecule has 0 saturated carbocycles. The normalized spacial score (nSPS) is 39.0. The molecule has 2 heterocycles. The molecule has 0 N–H and O–H groups in total. The summed E-state index contributed by atoms with van der Waals surface area (Å²) >= 11 is 0. The van der Waals surface area contributed by atoms with Gasteiger partial charge in [0.1, 0.15) is 0 Å². The number of ether oxygens (including phenoxy) is 1. The maximum atomic E-state index is 5.32. The topological polar surface area (TPSA) is 12.2 Å². The Balaban J connectivity index is 1.77. The second-order valence-electron chi connectivity index (χ2n) is 3.60. The van der Waals surface area contributed by atoms with Crippen molar-refractivity contribution in [3.05, 3.63) is 0 Å². The Morgan fingerprint density at radius 1 is 1.36 bits per heavy atom. The summed E-state index contributed by atoms with van der Waals surface area (Å²) in [5, 5.41) is 0. The van der Waals surface area contributed by atoms with Crippen LogP contribution in [0.1, 0.15) is 26.2 Å². The van der Waals surface area contributed by atoms with Crippen LogP contribution < -0.4 is 0 Å². The van der Waals surface area contributed by atoms with Crippen LogP contribution in [-0.2, 0) is 4.74 Å². The molecule has 2 heteroatoms. The highest BCUT2D eigenvalue weighted by Gasteiger charge is 2.38. The maximum Gasteiger partial charge on any atom is 0.0480 e. The van der Waals surface area contributed by atoms with E-state index in [9.17, 15) is 0 Å². The van der Waals surface area contributed by atoms with Gasteiger partial charge in [-0.25, -0.2) is 0 Å². The largest absolute Gasteiger partial charge is 0.381 e. The quantitative estimate of drug-likeness (QED) is 0.556. The second-order valence-corrected chi connectivity index (χ2v) is 3.60. The smallest absolute Gasteiger partial charge is 0.0480 e. The fourth-order valence-electron chi connectivity index (χ4n) is 2.02. The molecule has 2 aliphatic rings. The van der Waals surface area contributed by atoms with Gasteiger partial charge in [0.2, 0.25) is 0 Å². The first-order chi connectivity index (χ1) is 5.42. The first-order valence-corrected chi connectivity index (χ1v) is 4.75. The summed E-state index contributed by atoms with van der Waals surface area (Å²) in [6.07, 6.45) is 3.85. The SMILES string of the molecule is CCC1CN1C1CCOCC1. The van der Waals surface area contributed by atoms with Crippen molar-refractivity contribution in [2.75, 3.05) is 19.8 Å². The predicted octanol–water partition coefficient (Wildman–Crippen LogP) is 1.26. The highest BCUT2D eigenvalue weighted by molar-refractivity contribution is 4.93. The number of hydrogen-bond donors (Lipinski definition) is 0. The average Bonchev–Trinajstić information content (AvgIpc) is 2.85. The molecule has 0 radical (unpaired) electrons. The third-order valence-corrected chi connectivity index (χ3v) is 2.89. The standard InChI is InChI=1S/C9H17NO/c1-2-8-7-10(8)9-3-5-11-6-4-9/h8-9H,2-7H2,1H3. The summed E-state index contributed by atoms with van der Waals surface area (Å²) in [6, 6.07) is 1.77. The summed E-state index contributed by atoms with van der Waals surface area (Å²) in [5.74, 6) is 0. The molecule has 2 aliphatic heterocycles. The van der Waals surface area contributed by atoms with Crippen LogP contribution >= 0.6 is 0 Å². The Hall–Kier alpha value is -0.0800. The summed E-state index contributed by atoms with van der Waals surface area (Å²) < 4.78 is 5.32. The summed E-state index contributed by atoms with van der Waals surface area (Å²) in [7, 11) is 0. The fourth-order valence-corrected chi connectivity index (χ4v) is 2.02. The zero-order chi connectivity index (χ0) is 7.68. The minimum atomic E-state index is 0.855. The van der Waals surface area contributed by atoms with Crippen molar-refractivity contribution in [1.82, 2.24) is 4.90 Å². The molecule has 2 rings (SSSR count). The molecule has 0 bridgehead atoms. The van der Waals surface area contributed by atoms with E-state index in [0.29, 0.717) is 0 Å². The molecule has 11 heavy (non-hydrogen) atoms. The summed E-state index contributed by atoms with van der Waals surface area (Å²) in [5.41, 5.74) is 0. The summed E-state index contributed by atoms with van der Waals surface area (Å²) in [4.78, 5) is 2.63. The number of nitrogens with zero attached hydrogens (tertiary/aromatic N) is 1. The van der Waals surface area contributed by atoms with Gasteiger partial charge >= 0.3 is 0 Å². The minimum Gasteiger partial charge on any atom is -0.381 e. The lowest BCUT2D eigenvalue weighted by Crippen LogP contribution is -2.28. The van der Waals surface area contributed by atoms with Crippen molar-refractivity contribution in [3.63, 3.8) is 0 Å². The molecule has 2 unspecified atom stereocenters. The molecule has 64 valence electrons. The van der Waals surface area contributed by atoms with E-state index >= 15 is 0 Å². The summed E-state index contributed by atoms with van der Waals surface area (Å²) in [6.45, 7) is 5.60. The van der Waals surface area contributed by atoms with E-state index in [1.807, 2.05) is 0 Å². The lowest BCUT2D eigenvalue weighted by molar-refractivity contribution is 0.0612. The van der Waals surface area contributed by atoms with Gasteiger partial charge in [0, 0.05) is 31.8 Å². The fraction of sp³-hybridized carbons (Fsp3) is 1.00. The number of hydrogen-bond acceptors (Lipinski definition) is 2. The maximum absolute atomic E-state index is 5.32. The van der Waals surface area contributed by atoms with Gasteiger partial charge in [-0.1, -0.05) is 6.92 Å². The van der Waals surface area contributed by atoms with Crippen LogP contribution in [0.3, 0.4) is 0 Å². The van der Waals surface area contributed by atoms with Crippen molar-refractivity contribution in [2.24, 2.45) is 0 Å². The van der Waals surface area contributed by atoms with Crippen LogP contribution in [0.5, 0.6) is 0 Å². The van der Waals surface area contributed by atoms with Crippen molar-refractivity contribution >= 4 is 0 Å². The predicted molar refractivity (Wildman–Crippen MR) is 44.6 cm³/mol. The van der Waals surface area contributed by atoms with Crippen LogP contribution in [0.15, 0.2) is 0 Å². The molecule has 0 aromatic heterocycles. The zero-order valence-corrected chi connectivity index (χ0v) is 7.25. The van der Waals surface area contributed by atoms with Gasteiger partial charge in [0.15, 0.2) is 0 Å². The van der Waals surface area contributed by atoms with Crippen LogP contribution in [0.25, 0.3) is 0 Å². The highest BCUT2D eigenvalue weighted by atomic mass is 16.5. The van der Waals surface area contributed by atoms with Crippen molar-refractivity contribution < 1.29 is 4.74 Å². The molecular formula is C9H17NO. The Kier molecular flexibility index (Phi) is 2.14. The van der Waals surface area contributed by atoms with E-state index in [4.69, 9.17) is 4.74 Å². The van der Waals surface area contributed by atoms with Gasteiger partial charge in [-0.15, -0.1) is 0 Å². The first kappa shape index (κ1) is 7.56. The van der Waals surface area contributed by atoms with Crippen LogP contribution in [0.2, 0.25) is 0 Å². The molecular weight excluding hydrogens is 138 g/mol. The van der Waals surface area contributed by atoms with E-state index in [0.717, 1.165) is 25.3 Å². The molecule has 0 spiro atoms. The molecule has 2 fully saturated rings. The lowest BCUT2D eigenvalue weighted by atomic mass is 10.1. The van der Waals surface area contributed by atoms with Gasteiger partial charge in [-0.2, -0.15) is 0 Å². The van der Waals surface area contributed by atoms with Crippen molar-refractivity contribution in [2.45, 2.75) is 38.3 Å². The molecule has 0 aromatic carbocycles. The van der Waals surface area contributed by atoms with E-state index in [1.165, 1.54) is 25.8 Å². The monoisotopic (exact) mass is 155 g/mol. The van der Waals surface area contributed by atoms with Crippen LogP contribution in [0.4, 0.5) is 0 Å². The Bertz CT molecular complexity index is 132. The lowest BCUT2D eigenvalue weighted by Gasteiger charge is -2.23. The van der Waals surface area contributed by atoms with E-state index < -0.39 is 0 Å². The highest BCUT2D eigenvalue weighted by Crippen LogP contribution is 2.28. The van der Waals surface area contributed by atoms with Crippen LogP contribution in [0, 0.1) is 0 Å². The first-order valence-electron chi connectivity index (χ1n) is 4.75. The van der Waals surface area contributed by atoms with Gasteiger partial charge in [-0.3, -0.25) is 4.90 Å². The Morgan fingerprint density at radius 2 is 2.09 bits per heavy atom. The molecule has 2 saturated heterocycles. The van der Waals surface area contributed by atoms with Crippen molar-refractivity contribution in [1.29, 1.82) is 0 Å². The number of rotatable bonds is 2. The molecule has 0 amide bonds. The van der Waals surface area contributed by atoms with E-state index in [1.54, 1.807) is 0 Å². The average molecular weight is 155 g/mol. The molecule has 0 aliphatic carbocycles. The van der Waals surface area contributed by atoms with Gasteiger partial charge in [0.05, 0.1) is 0 Å². The Labute approximate surface area is 68.5 Å². The third kappa shape index (κ3) is 1.57. The van der Waals surface area contributed by atoms with Gasteiger partial charge in [0.25, 0.3) is 0 Å². The van der Waals surface area contributed by atoms with E-state index in [-0.39, 0.29) is 0 Å². The zero-order valence-electron chi connectivity index (χ0n) is 7.25. The van der Waals surface area contributed by atoms with Gasteiger partial charge in [-0.05, 0) is 19.3 Å². The molecule has 0 aromatic rings. The Morgan fingerprint density at radius 3 is 2.64 bits per heavy atom. The second kappa shape index (κ2) is 3.11. The van der Waals surface area contributed by atoms with Crippen molar-refractivity contribution in [3.8, 4) is 0 Å². The third-order valence-electron chi connectivity index (χ3n) is 2.89. The van der Waals surface area contributed by atoms with Gasteiger partial charge < -0.3 is 4.74 Å². The van der Waals surface area contributed by atoms with E-state index in [2.05, 4.69) is 11.8 Å². The molecule has 2 atom stereocenters.